The van der Waals surface area contributed by atoms with Gasteiger partial charge in [-0.05, 0) is 43.4 Å². The van der Waals surface area contributed by atoms with Crippen molar-refractivity contribution in [3.05, 3.63) is 0 Å². The van der Waals surface area contributed by atoms with E-state index < -0.39 is 5.60 Å². The van der Waals surface area contributed by atoms with Crippen LogP contribution in [0.3, 0.4) is 0 Å². The molecule has 0 unspecified atom stereocenters. The van der Waals surface area contributed by atoms with Gasteiger partial charge in [-0.25, -0.2) is 0 Å². The molecular weight excluding hydrogens is 196 g/mol. The van der Waals surface area contributed by atoms with E-state index in [0.717, 1.165) is 38.0 Å². The molecule has 84 valence electrons. The number of alkyl halides is 1. The van der Waals surface area contributed by atoms with Gasteiger partial charge in [0.1, 0.15) is 0 Å². The SMILES string of the molecule is CC(C)(C)C1CCC(O)(CCCl)CC1. The van der Waals surface area contributed by atoms with E-state index in [-0.39, 0.29) is 0 Å². The summed E-state index contributed by atoms with van der Waals surface area (Å²) in [6.45, 7) is 6.89. The average Bonchev–Trinajstić information content (AvgIpc) is 2.03. The van der Waals surface area contributed by atoms with Crippen LogP contribution in [0.2, 0.25) is 0 Å². The van der Waals surface area contributed by atoms with Gasteiger partial charge in [0.05, 0.1) is 5.60 Å². The maximum atomic E-state index is 10.2. The summed E-state index contributed by atoms with van der Waals surface area (Å²) in [6, 6.07) is 0. The van der Waals surface area contributed by atoms with E-state index in [9.17, 15) is 5.11 Å². The van der Waals surface area contributed by atoms with Crippen molar-refractivity contribution in [2.75, 3.05) is 5.88 Å². The van der Waals surface area contributed by atoms with Gasteiger partial charge in [0.2, 0.25) is 0 Å². The Kier molecular flexibility index (Phi) is 3.87. The van der Waals surface area contributed by atoms with Crippen molar-refractivity contribution in [1.82, 2.24) is 0 Å². The van der Waals surface area contributed by atoms with Crippen LogP contribution in [0.15, 0.2) is 0 Å². The molecule has 0 aliphatic heterocycles. The van der Waals surface area contributed by atoms with Crippen molar-refractivity contribution in [3.8, 4) is 0 Å². The third-order valence-corrected chi connectivity index (χ3v) is 3.89. The van der Waals surface area contributed by atoms with Crippen LogP contribution >= 0.6 is 11.6 Å². The van der Waals surface area contributed by atoms with Gasteiger partial charge in [-0.2, -0.15) is 0 Å². The summed E-state index contributed by atoms with van der Waals surface area (Å²) in [4.78, 5) is 0. The van der Waals surface area contributed by atoms with Gasteiger partial charge in [-0.1, -0.05) is 20.8 Å². The molecule has 0 atom stereocenters. The molecule has 1 nitrogen and oxygen atoms in total. The molecule has 0 aromatic carbocycles. The molecule has 1 fully saturated rings. The van der Waals surface area contributed by atoms with Crippen LogP contribution in [0.4, 0.5) is 0 Å². The second-order valence-corrected chi connectivity index (χ2v) is 6.18. The Balaban J connectivity index is 2.45. The van der Waals surface area contributed by atoms with Crippen molar-refractivity contribution in [1.29, 1.82) is 0 Å². The Morgan fingerprint density at radius 1 is 1.29 bits per heavy atom. The minimum atomic E-state index is -0.455. The van der Waals surface area contributed by atoms with Crippen LogP contribution in [0.25, 0.3) is 0 Å². The molecule has 0 aromatic heterocycles. The van der Waals surface area contributed by atoms with E-state index in [2.05, 4.69) is 20.8 Å². The third-order valence-electron chi connectivity index (χ3n) is 3.70. The fraction of sp³-hybridized carbons (Fsp3) is 1.00. The van der Waals surface area contributed by atoms with E-state index >= 15 is 0 Å². The highest BCUT2D eigenvalue weighted by atomic mass is 35.5. The smallest absolute Gasteiger partial charge is 0.0659 e. The number of hydrogen-bond donors (Lipinski definition) is 1. The molecule has 0 bridgehead atoms. The molecule has 1 saturated carbocycles. The van der Waals surface area contributed by atoms with Crippen molar-refractivity contribution < 1.29 is 5.11 Å². The molecule has 2 heteroatoms. The summed E-state index contributed by atoms with van der Waals surface area (Å²) in [5.74, 6) is 1.34. The van der Waals surface area contributed by atoms with Gasteiger partial charge in [0.25, 0.3) is 0 Å². The molecule has 0 radical (unpaired) electrons. The summed E-state index contributed by atoms with van der Waals surface area (Å²) in [7, 11) is 0. The highest BCUT2D eigenvalue weighted by Gasteiger charge is 2.36. The highest BCUT2D eigenvalue weighted by Crippen LogP contribution is 2.42. The quantitative estimate of drug-likeness (QED) is 0.703. The second kappa shape index (κ2) is 4.40. The Morgan fingerprint density at radius 3 is 2.14 bits per heavy atom. The maximum absolute atomic E-state index is 10.2. The molecule has 1 rings (SSSR count). The molecule has 0 saturated heterocycles. The molecule has 0 heterocycles. The maximum Gasteiger partial charge on any atom is 0.0659 e. The first-order valence-corrected chi connectivity index (χ1v) is 6.19. The standard InChI is InChI=1S/C12H23ClO/c1-11(2,3)10-4-6-12(14,7-5-10)8-9-13/h10,14H,4-9H2,1-3H3. The van der Waals surface area contributed by atoms with Gasteiger partial charge >= 0.3 is 0 Å². The van der Waals surface area contributed by atoms with Crippen molar-refractivity contribution in [3.63, 3.8) is 0 Å². The zero-order valence-corrected chi connectivity index (χ0v) is 10.4. The minimum Gasteiger partial charge on any atom is -0.390 e. The fourth-order valence-corrected chi connectivity index (χ4v) is 2.80. The second-order valence-electron chi connectivity index (χ2n) is 5.80. The highest BCUT2D eigenvalue weighted by molar-refractivity contribution is 6.17. The van der Waals surface area contributed by atoms with E-state index in [1.165, 1.54) is 0 Å². The monoisotopic (exact) mass is 218 g/mol. The first kappa shape index (κ1) is 12.3. The molecule has 1 aliphatic rings. The zero-order valence-electron chi connectivity index (χ0n) is 9.65. The summed E-state index contributed by atoms with van der Waals surface area (Å²) in [5.41, 5.74) is -0.0637. The minimum absolute atomic E-state index is 0.391. The topological polar surface area (TPSA) is 20.2 Å². The van der Waals surface area contributed by atoms with Gasteiger partial charge < -0.3 is 5.11 Å². The van der Waals surface area contributed by atoms with Crippen LogP contribution in [-0.4, -0.2) is 16.6 Å². The average molecular weight is 219 g/mol. The number of aliphatic hydroxyl groups is 1. The fourth-order valence-electron chi connectivity index (χ4n) is 2.45. The van der Waals surface area contributed by atoms with Crippen molar-refractivity contribution in [2.24, 2.45) is 11.3 Å². The molecule has 14 heavy (non-hydrogen) atoms. The Morgan fingerprint density at radius 2 is 1.79 bits per heavy atom. The van der Waals surface area contributed by atoms with Gasteiger partial charge in [-0.3, -0.25) is 0 Å². The first-order valence-electron chi connectivity index (χ1n) is 5.66. The normalized spacial score (nSPS) is 34.5. The van der Waals surface area contributed by atoms with Crippen molar-refractivity contribution in [2.45, 2.75) is 58.5 Å². The van der Waals surface area contributed by atoms with E-state index in [1.807, 2.05) is 0 Å². The lowest BCUT2D eigenvalue weighted by Crippen LogP contribution is -2.37. The predicted molar refractivity (Wildman–Crippen MR) is 61.7 cm³/mol. The van der Waals surface area contributed by atoms with Crippen molar-refractivity contribution >= 4 is 11.6 Å². The Labute approximate surface area is 92.8 Å². The predicted octanol–water partition coefficient (Wildman–Crippen LogP) is 3.58. The number of hydrogen-bond acceptors (Lipinski definition) is 1. The Bertz CT molecular complexity index is 175. The number of halogens is 1. The van der Waals surface area contributed by atoms with E-state index in [1.54, 1.807) is 0 Å². The van der Waals surface area contributed by atoms with Crippen LogP contribution in [0.1, 0.15) is 52.9 Å². The lowest BCUT2D eigenvalue weighted by molar-refractivity contribution is -0.0270. The summed E-state index contributed by atoms with van der Waals surface area (Å²) in [6.07, 6.45) is 4.92. The van der Waals surface area contributed by atoms with Crippen LogP contribution in [-0.2, 0) is 0 Å². The third kappa shape index (κ3) is 3.13. The lowest BCUT2D eigenvalue weighted by atomic mass is 9.68. The van der Waals surface area contributed by atoms with Crippen LogP contribution in [0, 0.1) is 11.3 Å². The largest absolute Gasteiger partial charge is 0.390 e. The first-order chi connectivity index (χ1) is 6.37. The van der Waals surface area contributed by atoms with Gasteiger partial charge in [0, 0.05) is 5.88 Å². The summed E-state index contributed by atoms with van der Waals surface area (Å²) >= 11 is 5.69. The molecular formula is C12H23ClO. The lowest BCUT2D eigenvalue weighted by Gasteiger charge is -2.41. The summed E-state index contributed by atoms with van der Waals surface area (Å²) < 4.78 is 0. The summed E-state index contributed by atoms with van der Waals surface area (Å²) in [5, 5.41) is 10.2. The van der Waals surface area contributed by atoms with Gasteiger partial charge in [-0.15, -0.1) is 11.6 Å². The molecule has 0 spiro atoms. The number of rotatable bonds is 2. The molecule has 1 aliphatic carbocycles. The van der Waals surface area contributed by atoms with Crippen LogP contribution in [0.5, 0.6) is 0 Å². The molecule has 0 aromatic rings. The molecule has 0 amide bonds. The van der Waals surface area contributed by atoms with Crippen LogP contribution < -0.4 is 0 Å². The Hall–Kier alpha value is 0.250. The van der Waals surface area contributed by atoms with E-state index in [0.29, 0.717) is 11.3 Å². The van der Waals surface area contributed by atoms with Gasteiger partial charge in [0.15, 0.2) is 0 Å². The zero-order chi connectivity index (χ0) is 10.8. The van der Waals surface area contributed by atoms with E-state index in [4.69, 9.17) is 11.6 Å². The molecule has 1 N–H and O–H groups in total.